The third kappa shape index (κ3) is 5.40. The molecule has 1 heterocycles. The lowest BCUT2D eigenvalue weighted by Gasteiger charge is -2.16. The number of anilines is 1. The van der Waals surface area contributed by atoms with Gasteiger partial charge in [0.2, 0.25) is 0 Å². The van der Waals surface area contributed by atoms with Crippen LogP contribution in [0.1, 0.15) is 59.2 Å². The first-order valence-electron chi connectivity index (χ1n) is 12.5. The van der Waals surface area contributed by atoms with E-state index in [1.165, 1.54) is 25.7 Å². The molecule has 1 aromatic heterocycles. The number of carbonyl (C=O) groups is 2. The van der Waals surface area contributed by atoms with E-state index in [9.17, 15) is 9.59 Å². The lowest BCUT2D eigenvalue weighted by molar-refractivity contribution is 0.0932. The lowest BCUT2D eigenvalue weighted by Crippen LogP contribution is -2.34. The molecule has 0 saturated heterocycles. The lowest BCUT2D eigenvalue weighted by atomic mass is 10.1. The normalized spacial score (nSPS) is 14.2. The minimum absolute atomic E-state index is 0.0368. The highest BCUT2D eigenvalue weighted by Gasteiger charge is 2.17. The number of nitrogens with one attached hydrogen (secondary N) is 3. The summed E-state index contributed by atoms with van der Waals surface area (Å²) in [4.78, 5) is 33.4. The number of aromatic amines is 1. The predicted molar refractivity (Wildman–Crippen MR) is 141 cm³/mol. The van der Waals surface area contributed by atoms with Gasteiger partial charge in [0.1, 0.15) is 11.6 Å². The van der Waals surface area contributed by atoms with E-state index in [1.54, 1.807) is 31.4 Å². The summed E-state index contributed by atoms with van der Waals surface area (Å²) in [7, 11) is 1.59. The van der Waals surface area contributed by atoms with Crippen molar-refractivity contribution in [2.75, 3.05) is 12.4 Å². The van der Waals surface area contributed by atoms with E-state index in [1.807, 2.05) is 42.5 Å². The van der Waals surface area contributed by atoms with Crippen molar-refractivity contribution in [1.29, 1.82) is 0 Å². The number of hydrogen-bond donors (Lipinski definition) is 3. The van der Waals surface area contributed by atoms with Gasteiger partial charge in [-0.05, 0) is 79.6 Å². The van der Waals surface area contributed by atoms with Crippen LogP contribution in [-0.4, -0.2) is 34.9 Å². The minimum Gasteiger partial charge on any atom is -0.497 e. The maximum Gasteiger partial charge on any atom is 0.255 e. The molecule has 5 rings (SSSR count). The summed E-state index contributed by atoms with van der Waals surface area (Å²) in [5, 5.41) is 6.10. The second-order valence-corrected chi connectivity index (χ2v) is 9.24. The number of H-pyrrole nitrogens is 1. The van der Waals surface area contributed by atoms with E-state index in [0.29, 0.717) is 28.4 Å². The number of rotatable bonds is 6. The maximum absolute atomic E-state index is 12.8. The van der Waals surface area contributed by atoms with Gasteiger partial charge in [-0.3, -0.25) is 9.59 Å². The minimum atomic E-state index is -0.191. The van der Waals surface area contributed by atoms with Gasteiger partial charge in [-0.1, -0.05) is 25.7 Å². The van der Waals surface area contributed by atoms with Crippen LogP contribution in [0, 0.1) is 0 Å². The van der Waals surface area contributed by atoms with Crippen LogP contribution in [0.25, 0.3) is 22.4 Å². The number of hydrogen-bond acceptors (Lipinski definition) is 4. The van der Waals surface area contributed by atoms with Gasteiger partial charge in [0.25, 0.3) is 11.8 Å². The first-order valence-corrected chi connectivity index (χ1v) is 12.5. The number of fused-ring (bicyclic) bond motifs is 1. The SMILES string of the molecule is COc1ccc(C(=O)Nc2ccc(-c3nc4cc(C(=O)NC5CCCCCC5)ccc4[nH]3)cc2)cc1. The van der Waals surface area contributed by atoms with Crippen LogP contribution >= 0.6 is 0 Å². The molecule has 3 aromatic carbocycles. The summed E-state index contributed by atoms with van der Waals surface area (Å²) in [5.41, 5.74) is 4.37. The van der Waals surface area contributed by atoms with Crippen molar-refractivity contribution in [3.63, 3.8) is 0 Å². The smallest absolute Gasteiger partial charge is 0.255 e. The van der Waals surface area contributed by atoms with Crippen molar-refractivity contribution in [2.24, 2.45) is 0 Å². The Balaban J connectivity index is 1.26. The van der Waals surface area contributed by atoms with Crippen molar-refractivity contribution in [3.8, 4) is 17.1 Å². The van der Waals surface area contributed by atoms with E-state index >= 15 is 0 Å². The van der Waals surface area contributed by atoms with Crippen LogP contribution in [0.15, 0.2) is 66.7 Å². The molecule has 1 aliphatic rings. The number of methoxy groups -OCH3 is 1. The molecular weight excluding hydrogens is 452 g/mol. The summed E-state index contributed by atoms with van der Waals surface area (Å²) in [6, 6.07) is 20.3. The van der Waals surface area contributed by atoms with Gasteiger partial charge in [0.05, 0.1) is 18.1 Å². The molecule has 0 unspecified atom stereocenters. The highest BCUT2D eigenvalue weighted by molar-refractivity contribution is 6.04. The van der Waals surface area contributed by atoms with Crippen molar-refractivity contribution >= 4 is 28.5 Å². The Kier molecular flexibility index (Phi) is 6.98. The van der Waals surface area contributed by atoms with Crippen molar-refractivity contribution in [1.82, 2.24) is 15.3 Å². The Morgan fingerprint density at radius 3 is 2.25 bits per heavy atom. The molecule has 1 saturated carbocycles. The van der Waals surface area contributed by atoms with Gasteiger partial charge < -0.3 is 20.4 Å². The second kappa shape index (κ2) is 10.6. The standard InChI is InChI=1S/C29H30N4O3/c1-36-24-15-10-20(11-16-24)28(34)31-23-13-8-19(9-14-23)27-32-25-17-12-21(18-26(25)33-27)29(35)30-22-6-4-2-3-5-7-22/h8-18,22H,2-7H2,1H3,(H,30,35)(H,31,34)(H,32,33). The van der Waals surface area contributed by atoms with Crippen LogP contribution in [0.5, 0.6) is 5.75 Å². The molecule has 36 heavy (non-hydrogen) atoms. The molecule has 184 valence electrons. The first kappa shape index (κ1) is 23.6. The second-order valence-electron chi connectivity index (χ2n) is 9.24. The van der Waals surface area contributed by atoms with E-state index in [2.05, 4.69) is 15.6 Å². The topological polar surface area (TPSA) is 96.1 Å². The number of imidazole rings is 1. The molecule has 1 fully saturated rings. The average Bonchev–Trinajstić information content (AvgIpc) is 3.17. The first-order chi connectivity index (χ1) is 17.6. The fourth-order valence-corrected chi connectivity index (χ4v) is 4.63. The zero-order valence-electron chi connectivity index (χ0n) is 20.3. The molecule has 1 aliphatic carbocycles. The van der Waals surface area contributed by atoms with Gasteiger partial charge in [0, 0.05) is 28.4 Å². The quantitative estimate of drug-likeness (QED) is 0.296. The number of nitrogens with zero attached hydrogens (tertiary/aromatic N) is 1. The highest BCUT2D eigenvalue weighted by atomic mass is 16.5. The van der Waals surface area contributed by atoms with Crippen molar-refractivity contribution < 1.29 is 14.3 Å². The monoisotopic (exact) mass is 482 g/mol. The van der Waals surface area contributed by atoms with Crippen LogP contribution in [0.2, 0.25) is 0 Å². The Morgan fingerprint density at radius 2 is 1.56 bits per heavy atom. The van der Waals surface area contributed by atoms with Gasteiger partial charge >= 0.3 is 0 Å². The molecule has 0 atom stereocenters. The van der Waals surface area contributed by atoms with Crippen LogP contribution in [0.4, 0.5) is 5.69 Å². The van der Waals surface area contributed by atoms with E-state index in [0.717, 1.165) is 29.4 Å². The Labute approximate surface area is 210 Å². The van der Waals surface area contributed by atoms with Crippen LogP contribution in [0.3, 0.4) is 0 Å². The van der Waals surface area contributed by atoms with E-state index < -0.39 is 0 Å². The van der Waals surface area contributed by atoms with Crippen molar-refractivity contribution in [2.45, 2.75) is 44.6 Å². The average molecular weight is 483 g/mol. The fraction of sp³-hybridized carbons (Fsp3) is 0.276. The fourth-order valence-electron chi connectivity index (χ4n) is 4.63. The highest BCUT2D eigenvalue weighted by Crippen LogP contribution is 2.24. The van der Waals surface area contributed by atoms with E-state index in [4.69, 9.17) is 9.72 Å². The molecule has 4 aromatic rings. The Bertz CT molecular complexity index is 1350. The predicted octanol–water partition coefficient (Wildman–Crippen LogP) is 5.94. The van der Waals surface area contributed by atoms with Crippen LogP contribution < -0.4 is 15.4 Å². The summed E-state index contributed by atoms with van der Waals surface area (Å²) in [5.74, 6) is 1.18. The third-order valence-electron chi connectivity index (χ3n) is 6.70. The molecule has 0 bridgehead atoms. The van der Waals surface area contributed by atoms with Gasteiger partial charge in [0.15, 0.2) is 0 Å². The zero-order chi connectivity index (χ0) is 24.9. The Morgan fingerprint density at radius 1 is 0.861 bits per heavy atom. The summed E-state index contributed by atoms with van der Waals surface area (Å²) in [6.45, 7) is 0. The number of ether oxygens (including phenoxy) is 1. The zero-order valence-corrected chi connectivity index (χ0v) is 20.3. The molecule has 0 spiro atoms. The molecule has 0 radical (unpaired) electrons. The van der Waals surface area contributed by atoms with Gasteiger partial charge in [-0.25, -0.2) is 4.98 Å². The molecular formula is C29H30N4O3. The van der Waals surface area contributed by atoms with Gasteiger partial charge in [-0.15, -0.1) is 0 Å². The largest absolute Gasteiger partial charge is 0.497 e. The molecule has 0 aliphatic heterocycles. The summed E-state index contributed by atoms with van der Waals surface area (Å²) < 4.78 is 5.14. The van der Waals surface area contributed by atoms with Crippen LogP contribution in [-0.2, 0) is 0 Å². The van der Waals surface area contributed by atoms with Crippen molar-refractivity contribution in [3.05, 3.63) is 77.9 Å². The van der Waals surface area contributed by atoms with Gasteiger partial charge in [-0.2, -0.15) is 0 Å². The number of aromatic nitrogens is 2. The maximum atomic E-state index is 12.8. The number of benzene rings is 3. The molecule has 3 N–H and O–H groups in total. The molecule has 7 heteroatoms. The molecule has 7 nitrogen and oxygen atoms in total. The third-order valence-corrected chi connectivity index (χ3v) is 6.70. The van der Waals surface area contributed by atoms with E-state index in [-0.39, 0.29) is 17.9 Å². The summed E-state index contributed by atoms with van der Waals surface area (Å²) >= 11 is 0. The number of carbonyl (C=O) groups excluding carboxylic acids is 2. The summed E-state index contributed by atoms with van der Waals surface area (Å²) in [6.07, 6.45) is 6.97. The molecule has 2 amide bonds. The Hall–Kier alpha value is -4.13. The number of amides is 2.